The van der Waals surface area contributed by atoms with Gasteiger partial charge in [-0.2, -0.15) is 0 Å². The third kappa shape index (κ3) is 12.6. The molecule has 0 fully saturated rings. The molecule has 0 spiro atoms. The van der Waals surface area contributed by atoms with Crippen molar-refractivity contribution in [3.05, 3.63) is 0 Å². The van der Waals surface area contributed by atoms with Crippen LogP contribution in [-0.2, 0) is 4.79 Å². The molecule has 0 aliphatic carbocycles. The minimum atomic E-state index is 0. The fourth-order valence-electron chi connectivity index (χ4n) is 1.06. The van der Waals surface area contributed by atoms with Gasteiger partial charge in [0, 0.05) is 6.42 Å². The van der Waals surface area contributed by atoms with Crippen LogP contribution in [0.2, 0.25) is 0 Å². The van der Waals surface area contributed by atoms with Crippen molar-refractivity contribution in [3.8, 4) is 0 Å². The molecule has 74 valence electrons. The second-order valence-corrected chi connectivity index (χ2v) is 3.41. The number of quaternary nitrogens is 1. The van der Waals surface area contributed by atoms with Gasteiger partial charge in [-0.15, -0.1) is 12.6 Å². The normalized spacial score (nSPS) is 9.17. The monoisotopic (exact) mass is 192 g/mol. The second kappa shape index (κ2) is 11.0. The van der Waals surface area contributed by atoms with Crippen LogP contribution in [0.1, 0.15) is 51.9 Å². The van der Waals surface area contributed by atoms with E-state index in [1.807, 2.05) is 0 Å². The van der Waals surface area contributed by atoms with Gasteiger partial charge in [0.15, 0.2) is 5.12 Å². The Labute approximate surface area is 81.1 Å². The lowest BCUT2D eigenvalue weighted by Gasteiger charge is -1.97. The Morgan fingerprint density at radius 1 is 1.08 bits per heavy atom. The molecule has 0 atom stereocenters. The molecule has 12 heavy (non-hydrogen) atoms. The molecule has 0 heterocycles. The van der Waals surface area contributed by atoms with Gasteiger partial charge in [-0.05, 0) is 6.42 Å². The van der Waals surface area contributed by atoms with E-state index in [0.29, 0.717) is 6.42 Å². The number of carbonyl (C=O) groups is 1. The third-order valence-electron chi connectivity index (χ3n) is 1.74. The van der Waals surface area contributed by atoms with Crippen LogP contribution in [0.5, 0.6) is 0 Å². The van der Waals surface area contributed by atoms with Gasteiger partial charge in [0.25, 0.3) is 0 Å². The summed E-state index contributed by atoms with van der Waals surface area (Å²) in [5.41, 5.74) is 0. The summed E-state index contributed by atoms with van der Waals surface area (Å²) in [7, 11) is 0. The molecule has 2 nitrogen and oxygen atoms in total. The second-order valence-electron chi connectivity index (χ2n) is 2.91. The lowest BCUT2D eigenvalue weighted by Crippen LogP contribution is -1.86. The molecule has 0 saturated heterocycles. The highest BCUT2D eigenvalue weighted by Crippen LogP contribution is 2.07. The van der Waals surface area contributed by atoms with Crippen molar-refractivity contribution in [2.24, 2.45) is 0 Å². The number of hydrogen-bond donors (Lipinski definition) is 2. The summed E-state index contributed by atoms with van der Waals surface area (Å²) in [5, 5.41) is 0.0282. The number of hydrogen-bond acceptors (Lipinski definition) is 1. The van der Waals surface area contributed by atoms with Crippen molar-refractivity contribution >= 4 is 17.7 Å². The minimum Gasteiger partial charge on any atom is -0.369 e. The summed E-state index contributed by atoms with van der Waals surface area (Å²) in [6.45, 7) is 2.21. The average Bonchev–Trinajstić information content (AvgIpc) is 1.96. The van der Waals surface area contributed by atoms with Gasteiger partial charge >= 0.3 is 0 Å². The van der Waals surface area contributed by atoms with Crippen LogP contribution in [0.15, 0.2) is 0 Å². The first-order valence-corrected chi connectivity index (χ1v) is 4.94. The molecular formula is C9H22NOS+. The number of thiol groups is 1. The molecular weight excluding hydrogens is 170 g/mol. The summed E-state index contributed by atoms with van der Waals surface area (Å²) in [6.07, 6.45) is 8.06. The van der Waals surface area contributed by atoms with E-state index >= 15 is 0 Å². The Kier molecular flexibility index (Phi) is 13.3. The highest BCUT2D eigenvalue weighted by molar-refractivity contribution is 7.96. The third-order valence-corrected chi connectivity index (χ3v) is 1.97. The largest absolute Gasteiger partial charge is 0.369 e. The first-order valence-electron chi connectivity index (χ1n) is 4.49. The number of rotatable bonds is 7. The van der Waals surface area contributed by atoms with Crippen LogP contribution < -0.4 is 6.15 Å². The Hall–Kier alpha value is -0.0200. The summed E-state index contributed by atoms with van der Waals surface area (Å²) in [6, 6.07) is 0. The molecule has 0 aromatic carbocycles. The highest BCUT2D eigenvalue weighted by Gasteiger charge is 1.93. The molecule has 0 radical (unpaired) electrons. The van der Waals surface area contributed by atoms with Crippen LogP contribution in [0.4, 0.5) is 0 Å². The Morgan fingerprint density at radius 2 is 1.58 bits per heavy atom. The van der Waals surface area contributed by atoms with Crippen molar-refractivity contribution in [3.63, 3.8) is 0 Å². The Morgan fingerprint density at radius 3 is 2.08 bits per heavy atom. The van der Waals surface area contributed by atoms with Crippen LogP contribution in [0.3, 0.4) is 0 Å². The number of unbranched alkanes of at least 4 members (excludes halogenated alkanes) is 5. The summed E-state index contributed by atoms with van der Waals surface area (Å²) < 4.78 is 0. The first-order chi connectivity index (χ1) is 5.27. The molecule has 4 N–H and O–H groups in total. The lowest BCUT2D eigenvalue weighted by molar-refractivity contribution is -0.110. The molecule has 0 saturated carbocycles. The van der Waals surface area contributed by atoms with Crippen LogP contribution in [0.25, 0.3) is 0 Å². The van der Waals surface area contributed by atoms with Crippen molar-refractivity contribution in [1.82, 2.24) is 6.15 Å². The van der Waals surface area contributed by atoms with Crippen LogP contribution in [-0.4, -0.2) is 5.12 Å². The highest BCUT2D eigenvalue weighted by atomic mass is 32.1. The zero-order valence-electron chi connectivity index (χ0n) is 8.31. The maximum Gasteiger partial charge on any atom is 0.185 e. The summed E-state index contributed by atoms with van der Waals surface area (Å²) in [5.74, 6) is 0. The Bertz CT molecular complexity index is 107. The van der Waals surface area contributed by atoms with E-state index in [4.69, 9.17) is 0 Å². The van der Waals surface area contributed by atoms with Gasteiger partial charge in [-0.25, -0.2) is 0 Å². The van der Waals surface area contributed by atoms with E-state index in [0.717, 1.165) is 6.42 Å². The van der Waals surface area contributed by atoms with Gasteiger partial charge in [0.05, 0.1) is 0 Å². The van der Waals surface area contributed by atoms with Crippen molar-refractivity contribution in [2.45, 2.75) is 51.9 Å². The molecule has 3 heteroatoms. The Balaban J connectivity index is 0. The van der Waals surface area contributed by atoms with Gasteiger partial charge in [-0.1, -0.05) is 39.0 Å². The van der Waals surface area contributed by atoms with Crippen LogP contribution >= 0.6 is 12.6 Å². The van der Waals surface area contributed by atoms with E-state index in [2.05, 4.69) is 19.6 Å². The average molecular weight is 192 g/mol. The molecule has 0 unspecified atom stereocenters. The van der Waals surface area contributed by atoms with Crippen molar-refractivity contribution in [2.75, 3.05) is 0 Å². The van der Waals surface area contributed by atoms with E-state index in [1.165, 1.54) is 32.1 Å². The molecule has 0 aliphatic heterocycles. The summed E-state index contributed by atoms with van der Waals surface area (Å²) in [4.78, 5) is 10.4. The lowest BCUT2D eigenvalue weighted by atomic mass is 10.1. The molecule has 0 aromatic rings. The van der Waals surface area contributed by atoms with E-state index in [-0.39, 0.29) is 11.3 Å². The fraction of sp³-hybridized carbons (Fsp3) is 0.889. The van der Waals surface area contributed by atoms with Gasteiger partial charge in [0.1, 0.15) is 0 Å². The topological polar surface area (TPSA) is 53.6 Å². The fourth-order valence-corrected chi connectivity index (χ4v) is 1.21. The van der Waals surface area contributed by atoms with Crippen molar-refractivity contribution in [1.29, 1.82) is 0 Å². The molecule has 0 aliphatic rings. The smallest absolute Gasteiger partial charge is 0.185 e. The maximum atomic E-state index is 10.4. The quantitative estimate of drug-likeness (QED) is 0.470. The first kappa shape index (κ1) is 14.5. The predicted octanol–water partition coefficient (Wildman–Crippen LogP) is 3.57. The van der Waals surface area contributed by atoms with Gasteiger partial charge in [-0.3, -0.25) is 4.79 Å². The van der Waals surface area contributed by atoms with Gasteiger partial charge in [0.2, 0.25) is 0 Å². The standard InChI is InChI=1S/C9H18OS.H3N/c1-2-3-4-5-6-7-8-9(10)11;/h2-8H2,1H3,(H,10,11);1H3/p+1. The minimum absolute atomic E-state index is 0. The zero-order chi connectivity index (χ0) is 8.53. The van der Waals surface area contributed by atoms with E-state index in [1.54, 1.807) is 0 Å². The molecule has 0 rings (SSSR count). The summed E-state index contributed by atoms with van der Waals surface area (Å²) >= 11 is 3.70. The zero-order valence-corrected chi connectivity index (χ0v) is 9.20. The van der Waals surface area contributed by atoms with E-state index in [9.17, 15) is 4.79 Å². The van der Waals surface area contributed by atoms with Crippen LogP contribution in [0, 0.1) is 0 Å². The molecule has 0 bridgehead atoms. The van der Waals surface area contributed by atoms with E-state index < -0.39 is 0 Å². The molecule has 0 amide bonds. The molecule has 0 aromatic heterocycles. The number of carbonyl (C=O) groups excluding carboxylic acids is 1. The predicted molar refractivity (Wildman–Crippen MR) is 58.0 cm³/mol. The van der Waals surface area contributed by atoms with Gasteiger partial charge < -0.3 is 6.15 Å². The van der Waals surface area contributed by atoms with Crippen molar-refractivity contribution < 1.29 is 4.79 Å². The maximum absolute atomic E-state index is 10.4. The SMILES string of the molecule is CCCCCCCCC(=O)S.[NH4+].